The number of hydrogen-bond donors (Lipinski definition) is 1. The number of nitrogens with two attached hydrogens (primary N) is 1. The molecule has 3 aromatic rings. The van der Waals surface area contributed by atoms with Crippen LogP contribution in [0.1, 0.15) is 35.4 Å². The van der Waals surface area contributed by atoms with Gasteiger partial charge in [-0.2, -0.15) is 0 Å². The van der Waals surface area contributed by atoms with E-state index >= 15 is 0 Å². The summed E-state index contributed by atoms with van der Waals surface area (Å²) < 4.78 is 20.7. The first-order chi connectivity index (χ1) is 15.4. The molecule has 168 valence electrons. The van der Waals surface area contributed by atoms with E-state index in [4.69, 9.17) is 19.9 Å². The molecule has 4 unspecified atom stereocenters. The monoisotopic (exact) mass is 567 g/mol. The van der Waals surface area contributed by atoms with Crippen LogP contribution in [0.25, 0.3) is 11.2 Å². The summed E-state index contributed by atoms with van der Waals surface area (Å²) in [6.07, 6.45) is 1.21. The SMILES string of the molecule is CC1(C)OC2C(COC(=O)c3ccccc3)SC(n3cnc4c(N)nc(CI)nc43)C2O1. The summed E-state index contributed by atoms with van der Waals surface area (Å²) in [5.74, 6) is -0.0929. The standard InChI is InChI=1S/C21H22IN5O4S/c1-21(2)30-15-12(9-29-20(28)11-6-4-3-5-7-11)32-19(16(15)31-21)27-10-24-14-17(23)25-13(8-22)26-18(14)27/h3-7,10,12,15-16,19H,8-9H2,1-2H3,(H2,23,25,26). The first-order valence-electron chi connectivity index (χ1n) is 10.1. The fourth-order valence-electron chi connectivity index (χ4n) is 4.06. The molecule has 0 amide bonds. The molecule has 2 N–H and O–H groups in total. The number of aromatic nitrogens is 4. The summed E-state index contributed by atoms with van der Waals surface area (Å²) in [7, 11) is 0. The number of halogens is 1. The Morgan fingerprint density at radius 1 is 1.25 bits per heavy atom. The lowest BCUT2D eigenvalue weighted by Gasteiger charge is -2.24. The maximum absolute atomic E-state index is 12.5. The minimum absolute atomic E-state index is 0.111. The Bertz CT molecular complexity index is 1160. The van der Waals surface area contributed by atoms with E-state index < -0.39 is 5.79 Å². The van der Waals surface area contributed by atoms with Crippen LogP contribution >= 0.6 is 34.4 Å². The average Bonchev–Trinajstić information content (AvgIpc) is 3.43. The minimum Gasteiger partial charge on any atom is -0.461 e. The van der Waals surface area contributed by atoms with Gasteiger partial charge in [-0.3, -0.25) is 4.57 Å². The topological polar surface area (TPSA) is 114 Å². The molecule has 0 aliphatic carbocycles. The van der Waals surface area contributed by atoms with Crippen molar-refractivity contribution in [3.63, 3.8) is 0 Å². The summed E-state index contributed by atoms with van der Waals surface area (Å²) in [6.45, 7) is 3.99. The molecular formula is C21H22IN5O4S. The molecule has 2 saturated heterocycles. The Kier molecular flexibility index (Phi) is 5.76. The van der Waals surface area contributed by atoms with Crippen molar-refractivity contribution in [2.24, 2.45) is 0 Å². The Morgan fingerprint density at radius 3 is 2.75 bits per heavy atom. The molecule has 2 aliphatic rings. The maximum Gasteiger partial charge on any atom is 0.338 e. The Hall–Kier alpha value is -1.96. The van der Waals surface area contributed by atoms with Crippen LogP contribution in [0.4, 0.5) is 5.82 Å². The van der Waals surface area contributed by atoms with Crippen LogP contribution in [0.5, 0.6) is 0 Å². The van der Waals surface area contributed by atoms with E-state index in [1.165, 1.54) is 0 Å². The van der Waals surface area contributed by atoms with E-state index in [9.17, 15) is 4.79 Å². The first kappa shape index (κ1) is 21.9. The molecule has 4 heterocycles. The molecule has 1 aromatic carbocycles. The number of imidazole rings is 1. The third kappa shape index (κ3) is 3.95. The maximum atomic E-state index is 12.5. The van der Waals surface area contributed by atoms with Crippen molar-refractivity contribution in [2.75, 3.05) is 12.3 Å². The summed E-state index contributed by atoms with van der Waals surface area (Å²) in [6, 6.07) is 8.96. The number of carbonyl (C=O) groups is 1. The Morgan fingerprint density at radius 2 is 2.00 bits per heavy atom. The number of fused-ring (bicyclic) bond motifs is 2. The molecule has 9 nitrogen and oxygen atoms in total. The third-order valence-electron chi connectivity index (χ3n) is 5.40. The van der Waals surface area contributed by atoms with Crippen molar-refractivity contribution in [1.29, 1.82) is 0 Å². The second-order valence-corrected chi connectivity index (χ2v) is 10.2. The second-order valence-electron chi connectivity index (χ2n) is 8.08. The average molecular weight is 567 g/mol. The molecule has 2 aliphatic heterocycles. The van der Waals surface area contributed by atoms with Gasteiger partial charge in [-0.15, -0.1) is 11.8 Å². The Balaban J connectivity index is 1.42. The van der Waals surface area contributed by atoms with Gasteiger partial charge < -0.3 is 19.9 Å². The highest BCUT2D eigenvalue weighted by Crippen LogP contribution is 2.51. The zero-order valence-electron chi connectivity index (χ0n) is 17.5. The van der Waals surface area contributed by atoms with E-state index in [-0.39, 0.29) is 35.4 Å². The predicted molar refractivity (Wildman–Crippen MR) is 128 cm³/mol. The van der Waals surface area contributed by atoms with Gasteiger partial charge in [0, 0.05) is 0 Å². The number of anilines is 1. The van der Waals surface area contributed by atoms with Gasteiger partial charge in [0.25, 0.3) is 0 Å². The van der Waals surface area contributed by atoms with Crippen LogP contribution in [-0.4, -0.2) is 55.3 Å². The number of nitrogens with zero attached hydrogens (tertiary/aromatic N) is 4. The van der Waals surface area contributed by atoms with E-state index in [0.717, 1.165) is 0 Å². The number of nitrogen functional groups attached to an aromatic ring is 1. The molecule has 0 spiro atoms. The van der Waals surface area contributed by atoms with Crippen molar-refractivity contribution in [3.05, 3.63) is 48.0 Å². The molecular weight excluding hydrogens is 545 g/mol. The van der Waals surface area contributed by atoms with Crippen LogP contribution in [0.15, 0.2) is 36.7 Å². The molecule has 4 atom stereocenters. The summed E-state index contributed by atoms with van der Waals surface area (Å²) in [5, 5.41) is -0.274. The molecule has 2 fully saturated rings. The lowest BCUT2D eigenvalue weighted by molar-refractivity contribution is -0.149. The normalized spacial score (nSPS) is 26.3. The number of hydrogen-bond acceptors (Lipinski definition) is 9. The van der Waals surface area contributed by atoms with Gasteiger partial charge in [0.15, 0.2) is 17.3 Å². The molecule has 32 heavy (non-hydrogen) atoms. The van der Waals surface area contributed by atoms with Gasteiger partial charge in [-0.25, -0.2) is 19.7 Å². The second kappa shape index (κ2) is 8.43. The first-order valence-corrected chi connectivity index (χ1v) is 12.6. The highest BCUT2D eigenvalue weighted by molar-refractivity contribution is 14.1. The zero-order valence-corrected chi connectivity index (χ0v) is 20.4. The third-order valence-corrected chi connectivity index (χ3v) is 7.61. The summed E-state index contributed by atoms with van der Waals surface area (Å²) >= 11 is 3.83. The van der Waals surface area contributed by atoms with Crippen molar-refractivity contribution in [2.45, 2.75) is 46.9 Å². The van der Waals surface area contributed by atoms with Gasteiger partial charge in [0.1, 0.15) is 35.5 Å². The van der Waals surface area contributed by atoms with E-state index in [1.807, 2.05) is 36.6 Å². The quantitative estimate of drug-likeness (QED) is 0.282. The Labute approximate surface area is 202 Å². The van der Waals surface area contributed by atoms with Crippen molar-refractivity contribution in [1.82, 2.24) is 19.5 Å². The van der Waals surface area contributed by atoms with Crippen LogP contribution in [-0.2, 0) is 18.6 Å². The zero-order chi connectivity index (χ0) is 22.5. The molecule has 0 saturated carbocycles. The smallest absolute Gasteiger partial charge is 0.338 e. The molecule has 0 bridgehead atoms. The fraction of sp³-hybridized carbons (Fsp3) is 0.429. The van der Waals surface area contributed by atoms with E-state index in [0.29, 0.717) is 32.8 Å². The van der Waals surface area contributed by atoms with Gasteiger partial charge in [-0.05, 0) is 26.0 Å². The lowest BCUT2D eigenvalue weighted by Crippen LogP contribution is -2.32. The summed E-state index contributed by atoms with van der Waals surface area (Å²) in [5.41, 5.74) is 7.85. The molecule has 2 aromatic heterocycles. The highest BCUT2D eigenvalue weighted by Gasteiger charge is 2.56. The van der Waals surface area contributed by atoms with Crippen molar-refractivity contribution >= 4 is 57.3 Å². The van der Waals surface area contributed by atoms with Gasteiger partial charge in [0.05, 0.1) is 21.6 Å². The minimum atomic E-state index is -0.742. The number of alkyl halides is 1. The summed E-state index contributed by atoms with van der Waals surface area (Å²) in [4.78, 5) is 25.9. The van der Waals surface area contributed by atoms with E-state index in [2.05, 4.69) is 37.5 Å². The molecule has 11 heteroatoms. The number of benzene rings is 1. The van der Waals surface area contributed by atoms with Crippen LogP contribution < -0.4 is 5.73 Å². The number of ether oxygens (including phenoxy) is 3. The van der Waals surface area contributed by atoms with Crippen LogP contribution in [0.2, 0.25) is 0 Å². The molecule has 0 radical (unpaired) electrons. The van der Waals surface area contributed by atoms with E-state index in [1.54, 1.807) is 30.2 Å². The fourth-order valence-corrected chi connectivity index (χ4v) is 5.93. The van der Waals surface area contributed by atoms with Gasteiger partial charge >= 0.3 is 5.97 Å². The number of thioether (sulfide) groups is 1. The molecule has 5 rings (SSSR count). The van der Waals surface area contributed by atoms with Crippen molar-refractivity contribution < 1.29 is 19.0 Å². The lowest BCUT2D eigenvalue weighted by atomic mass is 10.1. The van der Waals surface area contributed by atoms with Crippen molar-refractivity contribution in [3.8, 4) is 0 Å². The van der Waals surface area contributed by atoms with Gasteiger partial charge in [-0.1, -0.05) is 40.8 Å². The van der Waals surface area contributed by atoms with Crippen LogP contribution in [0.3, 0.4) is 0 Å². The van der Waals surface area contributed by atoms with Crippen LogP contribution in [0, 0.1) is 0 Å². The predicted octanol–water partition coefficient (Wildman–Crippen LogP) is 3.33. The number of carbonyl (C=O) groups excluding carboxylic acids is 1. The number of esters is 1. The highest BCUT2D eigenvalue weighted by atomic mass is 127. The largest absolute Gasteiger partial charge is 0.461 e. The number of rotatable bonds is 5. The van der Waals surface area contributed by atoms with Gasteiger partial charge in [0.2, 0.25) is 0 Å².